The van der Waals surface area contributed by atoms with Crippen LogP contribution in [0, 0.1) is 0 Å². The Bertz CT molecular complexity index is 518. The fourth-order valence-corrected chi connectivity index (χ4v) is 2.88. The van der Waals surface area contributed by atoms with E-state index in [4.69, 9.17) is 4.74 Å². The van der Waals surface area contributed by atoms with Crippen LogP contribution < -0.4 is 4.74 Å². The van der Waals surface area contributed by atoms with Crippen LogP contribution in [-0.2, 0) is 4.74 Å². The normalized spacial score (nSPS) is 26.5. The maximum atomic E-state index is 12.5. The van der Waals surface area contributed by atoms with E-state index in [2.05, 4.69) is 22.8 Å². The quantitative estimate of drug-likeness (QED) is 0.850. The van der Waals surface area contributed by atoms with E-state index in [1.165, 1.54) is 0 Å². The summed E-state index contributed by atoms with van der Waals surface area (Å²) in [4.78, 5) is 2.28. The number of rotatable bonds is 3. The highest BCUT2D eigenvalue weighted by Gasteiger charge is 2.32. The molecule has 0 saturated carbocycles. The van der Waals surface area contributed by atoms with Crippen molar-refractivity contribution in [3.8, 4) is 5.75 Å². The van der Waals surface area contributed by atoms with Crippen LogP contribution >= 0.6 is 0 Å². The number of morpholine rings is 1. The number of alkyl halides is 2. The number of likely N-dealkylation sites (N-methyl/N-ethyl adjacent to an activating group) is 1. The van der Waals surface area contributed by atoms with Crippen LogP contribution in [0.3, 0.4) is 0 Å². The minimum Gasteiger partial charge on any atom is -0.434 e. The maximum absolute atomic E-state index is 12.5. The largest absolute Gasteiger partial charge is 0.434 e. The summed E-state index contributed by atoms with van der Waals surface area (Å²) in [7, 11) is 2.08. The van der Waals surface area contributed by atoms with E-state index in [-0.39, 0.29) is 11.8 Å². The molecule has 3 rings (SSSR count). The summed E-state index contributed by atoms with van der Waals surface area (Å²) in [5.74, 6) is 0.247. The first kappa shape index (κ1) is 13.5. The van der Waals surface area contributed by atoms with Crippen LogP contribution in [0.4, 0.5) is 8.78 Å². The highest BCUT2D eigenvalue weighted by Crippen LogP contribution is 2.36. The lowest BCUT2D eigenvalue weighted by Gasteiger charge is -2.42. The van der Waals surface area contributed by atoms with Crippen molar-refractivity contribution in [3.63, 3.8) is 0 Å². The van der Waals surface area contributed by atoms with Crippen molar-refractivity contribution in [1.29, 1.82) is 0 Å². The van der Waals surface area contributed by atoms with Crippen LogP contribution in [0.15, 0.2) is 30.3 Å². The lowest BCUT2D eigenvalue weighted by atomic mass is 9.90. The number of halogens is 2. The Hall–Kier alpha value is -1.46. The third-order valence-electron chi connectivity index (χ3n) is 4.00. The van der Waals surface area contributed by atoms with Crippen molar-refractivity contribution in [2.45, 2.75) is 25.1 Å². The van der Waals surface area contributed by atoms with Crippen molar-refractivity contribution in [2.75, 3.05) is 20.3 Å². The third-order valence-corrected chi connectivity index (χ3v) is 4.00. The lowest BCUT2D eigenvalue weighted by Crippen LogP contribution is -2.51. The van der Waals surface area contributed by atoms with Gasteiger partial charge in [-0.25, -0.2) is 0 Å². The zero-order valence-electron chi connectivity index (χ0n) is 11.3. The Balaban J connectivity index is 1.93. The monoisotopic (exact) mass is 281 g/mol. The molecule has 5 heteroatoms. The van der Waals surface area contributed by atoms with Gasteiger partial charge in [0, 0.05) is 11.6 Å². The summed E-state index contributed by atoms with van der Waals surface area (Å²) in [6.45, 7) is -1.47. The van der Waals surface area contributed by atoms with Crippen LogP contribution in [-0.4, -0.2) is 43.9 Å². The first-order valence-corrected chi connectivity index (χ1v) is 6.69. The molecule has 2 unspecified atom stereocenters. The fraction of sp³-hybridized carbons (Fsp3) is 0.467. The van der Waals surface area contributed by atoms with E-state index < -0.39 is 6.61 Å². The second-order valence-electron chi connectivity index (χ2n) is 5.19. The molecule has 0 spiro atoms. The molecule has 2 heterocycles. The van der Waals surface area contributed by atoms with Crippen molar-refractivity contribution in [1.82, 2.24) is 4.90 Å². The molecule has 2 aliphatic rings. The van der Waals surface area contributed by atoms with Gasteiger partial charge < -0.3 is 9.47 Å². The average Bonchev–Trinajstić information content (AvgIpc) is 2.38. The number of benzene rings is 1. The number of nitrogens with zero attached hydrogens (tertiary/aromatic N) is 1. The Morgan fingerprint density at radius 2 is 2.10 bits per heavy atom. The van der Waals surface area contributed by atoms with Gasteiger partial charge in [0.2, 0.25) is 0 Å². The van der Waals surface area contributed by atoms with Crippen molar-refractivity contribution in [3.05, 3.63) is 35.9 Å². The molecule has 2 atom stereocenters. The summed E-state index contributed by atoms with van der Waals surface area (Å²) < 4.78 is 35.2. The van der Waals surface area contributed by atoms with Gasteiger partial charge in [0.25, 0.3) is 0 Å². The highest BCUT2D eigenvalue weighted by molar-refractivity contribution is 5.72. The molecule has 1 saturated heterocycles. The SMILES string of the molecule is CN1C2C=C(c3ccccc3OC(F)F)CC1COC2. The van der Waals surface area contributed by atoms with Crippen LogP contribution in [0.5, 0.6) is 5.75 Å². The molecule has 2 aliphatic heterocycles. The second-order valence-corrected chi connectivity index (χ2v) is 5.19. The highest BCUT2D eigenvalue weighted by atomic mass is 19.3. The predicted octanol–water partition coefficient (Wildman–Crippen LogP) is 2.77. The average molecular weight is 281 g/mol. The molecule has 1 aromatic rings. The Morgan fingerprint density at radius 1 is 1.30 bits per heavy atom. The Kier molecular flexibility index (Phi) is 3.72. The smallest absolute Gasteiger partial charge is 0.387 e. The molecule has 1 aromatic carbocycles. The number of ether oxygens (including phenoxy) is 2. The van der Waals surface area contributed by atoms with E-state index in [9.17, 15) is 8.78 Å². The number of fused-ring (bicyclic) bond motifs is 2. The van der Waals surface area contributed by atoms with E-state index in [1.54, 1.807) is 12.1 Å². The van der Waals surface area contributed by atoms with Gasteiger partial charge in [-0.2, -0.15) is 8.78 Å². The van der Waals surface area contributed by atoms with Gasteiger partial charge in [0.05, 0.1) is 19.3 Å². The molecule has 0 radical (unpaired) electrons. The molecular formula is C15H17F2NO2. The molecule has 108 valence electrons. The summed E-state index contributed by atoms with van der Waals surface area (Å²) in [5.41, 5.74) is 1.83. The first-order chi connectivity index (χ1) is 9.65. The van der Waals surface area contributed by atoms with Crippen LogP contribution in [0.2, 0.25) is 0 Å². The minimum atomic E-state index is -2.80. The van der Waals surface area contributed by atoms with Crippen LogP contribution in [0.25, 0.3) is 5.57 Å². The van der Waals surface area contributed by atoms with Gasteiger partial charge in [0.15, 0.2) is 0 Å². The number of hydrogen-bond acceptors (Lipinski definition) is 3. The fourth-order valence-electron chi connectivity index (χ4n) is 2.88. The number of para-hydroxylation sites is 1. The Morgan fingerprint density at radius 3 is 2.85 bits per heavy atom. The van der Waals surface area contributed by atoms with E-state index in [1.807, 2.05) is 12.1 Å². The third kappa shape index (κ3) is 2.55. The summed E-state index contributed by atoms with van der Waals surface area (Å²) in [5, 5.41) is 0. The summed E-state index contributed by atoms with van der Waals surface area (Å²) in [6, 6.07) is 7.49. The Labute approximate surface area is 116 Å². The van der Waals surface area contributed by atoms with Gasteiger partial charge >= 0.3 is 6.61 Å². The van der Waals surface area contributed by atoms with E-state index in [0.717, 1.165) is 17.6 Å². The molecule has 0 aromatic heterocycles. The molecule has 1 fully saturated rings. The molecule has 20 heavy (non-hydrogen) atoms. The standard InChI is InChI=1S/C15H17F2NO2/c1-18-11-6-10(7-12(18)9-19-8-11)13-4-2-3-5-14(13)20-15(16)17/h2-6,11-12,15H,7-9H2,1H3. The molecule has 2 bridgehead atoms. The molecule has 3 nitrogen and oxygen atoms in total. The molecule has 0 aliphatic carbocycles. The lowest BCUT2D eigenvalue weighted by molar-refractivity contribution is -0.0501. The van der Waals surface area contributed by atoms with Crippen molar-refractivity contribution < 1.29 is 18.3 Å². The van der Waals surface area contributed by atoms with E-state index >= 15 is 0 Å². The van der Waals surface area contributed by atoms with Crippen molar-refractivity contribution >= 4 is 5.57 Å². The molecular weight excluding hydrogens is 264 g/mol. The minimum absolute atomic E-state index is 0.206. The van der Waals surface area contributed by atoms with Gasteiger partial charge in [-0.3, -0.25) is 4.90 Å². The van der Waals surface area contributed by atoms with Crippen LogP contribution in [0.1, 0.15) is 12.0 Å². The summed E-state index contributed by atoms with van der Waals surface area (Å²) >= 11 is 0. The van der Waals surface area contributed by atoms with E-state index in [0.29, 0.717) is 19.3 Å². The van der Waals surface area contributed by atoms with Gasteiger partial charge in [-0.05, 0) is 25.1 Å². The van der Waals surface area contributed by atoms with Gasteiger partial charge in [-0.15, -0.1) is 0 Å². The van der Waals surface area contributed by atoms with Gasteiger partial charge in [0.1, 0.15) is 5.75 Å². The molecule has 0 amide bonds. The maximum Gasteiger partial charge on any atom is 0.387 e. The van der Waals surface area contributed by atoms with Crippen molar-refractivity contribution in [2.24, 2.45) is 0 Å². The summed E-state index contributed by atoms with van der Waals surface area (Å²) in [6.07, 6.45) is 2.89. The zero-order chi connectivity index (χ0) is 14.1. The topological polar surface area (TPSA) is 21.7 Å². The zero-order valence-corrected chi connectivity index (χ0v) is 11.3. The predicted molar refractivity (Wildman–Crippen MR) is 71.8 cm³/mol. The first-order valence-electron chi connectivity index (χ1n) is 6.69. The van der Waals surface area contributed by atoms with Gasteiger partial charge in [-0.1, -0.05) is 24.3 Å². The number of hydrogen-bond donors (Lipinski definition) is 0. The molecule has 0 N–H and O–H groups in total. The second kappa shape index (κ2) is 5.50.